The van der Waals surface area contributed by atoms with Crippen molar-refractivity contribution in [3.05, 3.63) is 24.3 Å². The molecule has 0 aliphatic carbocycles. The van der Waals surface area contributed by atoms with Gasteiger partial charge in [-0.1, -0.05) is 205 Å². The number of carboxylic acid groups (broad SMARTS) is 1. The Labute approximate surface area is 734 Å². The molecule has 0 bridgehead atoms. The molecule has 38 nitrogen and oxygen atoms in total. The molecule has 0 aromatic heterocycles. The average molecular weight is 1800 g/mol. The van der Waals surface area contributed by atoms with Crippen LogP contribution in [0.5, 0.6) is 0 Å². The second-order valence-corrected chi connectivity index (χ2v) is 34.5. The lowest BCUT2D eigenvalue weighted by Gasteiger charge is -2.52. The SMILES string of the molecule is CCCCCCCC/C=C\CCCCCCCCCCCCCCCC(=O)N[C@@H](CO[C@@H]1OC(CO)[C@@H](O[C@@H]2OC(CO)[C@H](O[C@@H]3OC(CO)[C@H](O[C@H]4OC(C)[C@@H](O)C(O)[C@@H]4O)[C@H](O[C@@H]4OC(CO)[C@H](O)[C@H](O[C@]5(C(=O)O)CC(O)[C@@H](NC(C)=O)C([C@H](O)[C@H](O)CO)O5)C4O)C3NC(C)=O)[C@H](O)C2O)[C@H](O)C1O)[C@H](O)/C=C/CCCCCCCCCCCCC. The van der Waals surface area contributed by atoms with Gasteiger partial charge in [-0.2, -0.15) is 0 Å². The van der Waals surface area contributed by atoms with Gasteiger partial charge in [0.05, 0.1) is 70.0 Å². The third-order valence-corrected chi connectivity index (χ3v) is 24.3. The van der Waals surface area contributed by atoms with E-state index in [0.717, 1.165) is 71.6 Å². The summed E-state index contributed by atoms with van der Waals surface area (Å²) >= 11 is 0. The van der Waals surface area contributed by atoms with Crippen LogP contribution >= 0.6 is 0 Å². The van der Waals surface area contributed by atoms with Gasteiger partial charge in [0, 0.05) is 26.7 Å². The molecule has 6 rings (SSSR count). The standard InChI is InChI=1S/C87H155N3O35/c1-6-8-10-12-14-16-18-20-21-22-23-24-25-26-27-28-29-31-33-35-37-39-41-43-62(101)90-54(55(98)42-40-38-36-34-32-30-19-17-15-13-11-9-7-2)50-114-82-72(109)69(106)76(59(47-93)118-82)121-84-73(110)70(107)75(60(48-94)119-84)120-81-64(89-53(5)97)79(77(61(49-95)117-81)122-83-71(108)68(105)65(102)51(3)115-83)123-85-74(111)80(67(104)58(46-92)116-85)125-87(86(112)113)44-56(99)63(88-52(4)96)78(124-87)66(103)57(100)45-91/h20-21,40,42,51,54-61,63-85,91-95,98-100,102-111H,6-19,22-39,41,43-50H2,1-5H3,(H,88,96)(H,89,97)(H,90,101)(H,112,113)/b21-20-,42-40+/t51?,54-,55+,56?,57+,58?,59?,60?,61?,63+,64?,65+,66+,67-,68?,69+,70+,71-,72?,73?,74?,75-,76+,77-,78?,79+,80-,81-,82+,83+,84-,85-,87-/m0/s1. The number of aliphatic carboxylic acids is 1. The minimum absolute atomic E-state index is 0.156. The van der Waals surface area contributed by atoms with E-state index in [1.54, 1.807) is 6.08 Å². The van der Waals surface area contributed by atoms with Gasteiger partial charge in [0.25, 0.3) is 5.79 Å². The molecule has 22 N–H and O–H groups in total. The monoisotopic (exact) mass is 1800 g/mol. The van der Waals surface area contributed by atoms with Crippen molar-refractivity contribution in [2.24, 2.45) is 0 Å². The molecule has 0 spiro atoms. The normalized spacial score (nSPS) is 35.1. The highest BCUT2D eigenvalue weighted by molar-refractivity contribution is 5.77. The highest BCUT2D eigenvalue weighted by Gasteiger charge is 2.62. The quantitative estimate of drug-likeness (QED) is 0.0294. The van der Waals surface area contributed by atoms with Crippen LogP contribution in [0, 0.1) is 0 Å². The topological polar surface area (TPSA) is 600 Å². The summed E-state index contributed by atoms with van der Waals surface area (Å²) < 4.78 is 72.2. The lowest BCUT2D eigenvalue weighted by atomic mass is 9.88. The number of aliphatic hydroxyl groups excluding tert-OH is 18. The van der Waals surface area contributed by atoms with Crippen molar-refractivity contribution < 1.29 is 173 Å². The van der Waals surface area contributed by atoms with Crippen LogP contribution in [-0.4, -0.2) is 362 Å². The van der Waals surface area contributed by atoms with E-state index < -0.39 is 266 Å². The first kappa shape index (κ1) is 110. The zero-order chi connectivity index (χ0) is 91.7. The fourth-order valence-corrected chi connectivity index (χ4v) is 16.9. The highest BCUT2D eigenvalue weighted by Crippen LogP contribution is 2.41. The van der Waals surface area contributed by atoms with E-state index in [0.29, 0.717) is 12.8 Å². The zero-order valence-corrected chi connectivity index (χ0v) is 73.8. The van der Waals surface area contributed by atoms with E-state index >= 15 is 0 Å². The highest BCUT2D eigenvalue weighted by atomic mass is 16.8. The molecule has 6 heterocycles. The summed E-state index contributed by atoms with van der Waals surface area (Å²) in [6.45, 7) is 1.55. The molecule has 12 unspecified atom stereocenters. The second kappa shape index (κ2) is 58.9. The minimum Gasteiger partial charge on any atom is -0.477 e. The lowest BCUT2D eigenvalue weighted by Crippen LogP contribution is -2.72. The third-order valence-electron chi connectivity index (χ3n) is 24.3. The zero-order valence-electron chi connectivity index (χ0n) is 73.8. The van der Waals surface area contributed by atoms with E-state index in [-0.39, 0.29) is 12.3 Å². The third kappa shape index (κ3) is 34.6. The van der Waals surface area contributed by atoms with Crippen molar-refractivity contribution in [1.29, 1.82) is 0 Å². The fraction of sp³-hybridized carbons (Fsp3) is 0.908. The number of hydrogen-bond acceptors (Lipinski definition) is 34. The summed E-state index contributed by atoms with van der Waals surface area (Å²) in [5.41, 5.74) is 0. The molecule has 6 aliphatic heterocycles. The largest absolute Gasteiger partial charge is 0.477 e. The van der Waals surface area contributed by atoms with Gasteiger partial charge >= 0.3 is 5.97 Å². The molecular weight excluding hydrogens is 1650 g/mol. The van der Waals surface area contributed by atoms with Crippen LogP contribution in [0.25, 0.3) is 0 Å². The lowest BCUT2D eigenvalue weighted by molar-refractivity contribution is -0.398. The van der Waals surface area contributed by atoms with Crippen LogP contribution in [-0.2, 0) is 76.0 Å². The number of carbonyl (C=O) groups is 4. The maximum atomic E-state index is 13.6. The van der Waals surface area contributed by atoms with E-state index in [1.807, 2.05) is 6.08 Å². The van der Waals surface area contributed by atoms with Gasteiger partial charge in [0.2, 0.25) is 17.7 Å². The van der Waals surface area contributed by atoms with Crippen molar-refractivity contribution in [3.63, 3.8) is 0 Å². The Hall–Kier alpha value is -3.84. The van der Waals surface area contributed by atoms with Crippen molar-refractivity contribution in [2.75, 3.05) is 39.6 Å². The maximum Gasteiger partial charge on any atom is 0.364 e. The first-order valence-corrected chi connectivity index (χ1v) is 46.1. The Balaban J connectivity index is 1.13. The number of unbranched alkanes of at least 4 members (excludes halogenated alkanes) is 30. The summed E-state index contributed by atoms with van der Waals surface area (Å²) in [6, 6.07) is -4.82. The summed E-state index contributed by atoms with van der Waals surface area (Å²) in [5, 5.41) is 221. The minimum atomic E-state index is -3.29. The van der Waals surface area contributed by atoms with Gasteiger partial charge in [-0.3, -0.25) is 14.4 Å². The molecule has 6 aliphatic rings. The van der Waals surface area contributed by atoms with E-state index in [9.17, 15) is 116 Å². The molecule has 6 saturated heterocycles. The number of rotatable bonds is 61. The number of allylic oxidation sites excluding steroid dienone is 3. The molecule has 6 fully saturated rings. The van der Waals surface area contributed by atoms with E-state index in [1.165, 1.54) is 148 Å². The molecule has 0 saturated carbocycles. The Bertz CT molecular complexity index is 3010. The van der Waals surface area contributed by atoms with Gasteiger partial charge in [0.1, 0.15) is 134 Å². The maximum absolute atomic E-state index is 13.6. The van der Waals surface area contributed by atoms with Crippen LogP contribution < -0.4 is 16.0 Å². The van der Waals surface area contributed by atoms with Crippen molar-refractivity contribution >= 4 is 23.7 Å². The number of carboxylic acids is 1. The summed E-state index contributed by atoms with van der Waals surface area (Å²) in [5.74, 6) is -7.60. The van der Waals surface area contributed by atoms with Crippen molar-refractivity contribution in [1.82, 2.24) is 16.0 Å². The summed E-state index contributed by atoms with van der Waals surface area (Å²) in [4.78, 5) is 52.9. The van der Waals surface area contributed by atoms with Gasteiger partial charge < -0.3 is 170 Å². The average Bonchev–Trinajstić information content (AvgIpc) is 0.751. The fourth-order valence-electron chi connectivity index (χ4n) is 16.9. The molecule has 0 aromatic carbocycles. The molecule has 728 valence electrons. The van der Waals surface area contributed by atoms with Crippen molar-refractivity contribution in [2.45, 2.75) is 461 Å². The molecule has 0 aromatic rings. The van der Waals surface area contributed by atoms with Gasteiger partial charge in [-0.05, 0) is 51.9 Å². The molecule has 0 radical (unpaired) electrons. The Morgan fingerprint density at radius 3 is 1.32 bits per heavy atom. The van der Waals surface area contributed by atoms with Crippen LogP contribution in [0.15, 0.2) is 24.3 Å². The van der Waals surface area contributed by atoms with Crippen LogP contribution in [0.1, 0.15) is 259 Å². The van der Waals surface area contributed by atoms with Crippen molar-refractivity contribution in [3.8, 4) is 0 Å². The molecule has 3 amide bonds. The number of amides is 3. The Kier molecular flexibility index (Phi) is 51.8. The Morgan fingerprint density at radius 1 is 0.432 bits per heavy atom. The van der Waals surface area contributed by atoms with Gasteiger partial charge in [-0.25, -0.2) is 4.79 Å². The van der Waals surface area contributed by atoms with Gasteiger partial charge in [-0.15, -0.1) is 0 Å². The number of nitrogens with one attached hydrogen (secondary N) is 3. The van der Waals surface area contributed by atoms with Crippen LogP contribution in [0.2, 0.25) is 0 Å². The van der Waals surface area contributed by atoms with Gasteiger partial charge in [0.15, 0.2) is 31.5 Å². The first-order valence-electron chi connectivity index (χ1n) is 46.1. The number of ether oxygens (including phenoxy) is 12. The van der Waals surface area contributed by atoms with Crippen LogP contribution in [0.3, 0.4) is 0 Å². The molecule has 125 heavy (non-hydrogen) atoms. The second-order valence-electron chi connectivity index (χ2n) is 34.5. The number of aliphatic hydroxyl groups is 18. The first-order chi connectivity index (χ1) is 60.0. The smallest absolute Gasteiger partial charge is 0.364 e. The van der Waals surface area contributed by atoms with E-state index in [4.69, 9.17) is 56.8 Å². The Morgan fingerprint density at radius 2 is 0.832 bits per heavy atom. The summed E-state index contributed by atoms with van der Waals surface area (Å²) in [6.07, 6.45) is -13.6. The predicted octanol–water partition coefficient (Wildman–Crippen LogP) is 0.706. The number of hydrogen-bond donors (Lipinski definition) is 22. The molecule has 33 atom stereocenters. The molecule has 38 heteroatoms. The van der Waals surface area contributed by atoms with E-state index in [2.05, 4.69) is 41.9 Å². The number of carbonyl (C=O) groups excluding carboxylic acids is 3. The van der Waals surface area contributed by atoms with Crippen LogP contribution in [0.4, 0.5) is 0 Å². The molecular formula is C87H155N3O35. The predicted molar refractivity (Wildman–Crippen MR) is 446 cm³/mol. The summed E-state index contributed by atoms with van der Waals surface area (Å²) in [7, 11) is 0.